The van der Waals surface area contributed by atoms with Crippen molar-refractivity contribution in [2.75, 3.05) is 5.73 Å². The van der Waals surface area contributed by atoms with Crippen LogP contribution in [-0.4, -0.2) is 5.71 Å². The highest BCUT2D eigenvalue weighted by Crippen LogP contribution is 2.26. The molecule has 0 fully saturated rings. The van der Waals surface area contributed by atoms with E-state index < -0.39 is 0 Å². The molecule has 0 aliphatic carbocycles. The lowest BCUT2D eigenvalue weighted by molar-refractivity contribution is 0.444. The minimum atomic E-state index is 0.336. The average molecular weight is 374 g/mol. The highest BCUT2D eigenvalue weighted by atomic mass is 16.5. The van der Waals surface area contributed by atoms with Gasteiger partial charge in [0.25, 0.3) is 0 Å². The molecule has 4 heteroatoms. The van der Waals surface area contributed by atoms with E-state index in [2.05, 4.69) is 26.5 Å². The smallest absolute Gasteiger partial charge is 0.132 e. The molecule has 0 bridgehead atoms. The standard InChI is InChI=1S/C24H27N3O/c1-6-16(2)19(5)27-23(22-10-8-7-9-20(22)15-25)13-18(4)28-24-14-21(26)12-11-17(24)3/h7-14,16H,4,6,26H2,1-3,5H3/b23-13-,27-19?. The third-order valence-electron chi connectivity index (χ3n) is 4.70. The molecule has 2 N–H and O–H groups in total. The van der Waals surface area contributed by atoms with Gasteiger partial charge in [0.05, 0.1) is 17.3 Å². The zero-order chi connectivity index (χ0) is 20.7. The van der Waals surface area contributed by atoms with Gasteiger partial charge in [0.2, 0.25) is 0 Å². The first-order valence-electron chi connectivity index (χ1n) is 9.35. The molecule has 1 atom stereocenters. The Morgan fingerprint density at radius 2 is 2.04 bits per heavy atom. The molecule has 28 heavy (non-hydrogen) atoms. The second-order valence-electron chi connectivity index (χ2n) is 6.84. The number of nitrogens with two attached hydrogens (primary N) is 1. The van der Waals surface area contributed by atoms with Crippen LogP contribution in [-0.2, 0) is 0 Å². The van der Waals surface area contributed by atoms with Gasteiger partial charge in [0.1, 0.15) is 11.5 Å². The van der Waals surface area contributed by atoms with Crippen LogP contribution < -0.4 is 10.5 Å². The van der Waals surface area contributed by atoms with Crippen molar-refractivity contribution in [3.05, 3.63) is 77.6 Å². The van der Waals surface area contributed by atoms with E-state index in [1.807, 2.05) is 44.2 Å². The van der Waals surface area contributed by atoms with E-state index in [1.54, 1.807) is 18.2 Å². The Hall–Kier alpha value is -3.32. The molecule has 0 amide bonds. The summed E-state index contributed by atoms with van der Waals surface area (Å²) in [4.78, 5) is 4.81. The van der Waals surface area contributed by atoms with E-state index >= 15 is 0 Å². The number of benzene rings is 2. The molecule has 1 unspecified atom stereocenters. The summed E-state index contributed by atoms with van der Waals surface area (Å²) >= 11 is 0. The summed E-state index contributed by atoms with van der Waals surface area (Å²) in [5.41, 5.74) is 10.4. The fourth-order valence-electron chi connectivity index (χ4n) is 2.62. The van der Waals surface area contributed by atoms with Crippen molar-refractivity contribution in [1.82, 2.24) is 0 Å². The number of nitrogens with zero attached hydrogens (tertiary/aromatic N) is 2. The first-order valence-corrected chi connectivity index (χ1v) is 9.35. The number of ether oxygens (including phenoxy) is 1. The lowest BCUT2D eigenvalue weighted by Gasteiger charge is -2.13. The van der Waals surface area contributed by atoms with Crippen LogP contribution in [0, 0.1) is 24.2 Å². The Morgan fingerprint density at radius 1 is 1.32 bits per heavy atom. The molecule has 4 nitrogen and oxygen atoms in total. The van der Waals surface area contributed by atoms with Gasteiger partial charge in [-0.3, -0.25) is 4.99 Å². The zero-order valence-corrected chi connectivity index (χ0v) is 17.0. The lowest BCUT2D eigenvalue weighted by Crippen LogP contribution is -2.06. The van der Waals surface area contributed by atoms with E-state index in [-0.39, 0.29) is 0 Å². The topological polar surface area (TPSA) is 71.4 Å². The molecular formula is C24H27N3O. The van der Waals surface area contributed by atoms with Gasteiger partial charge in [0.15, 0.2) is 0 Å². The van der Waals surface area contributed by atoms with Crippen molar-refractivity contribution in [2.45, 2.75) is 34.1 Å². The third-order valence-corrected chi connectivity index (χ3v) is 4.70. The van der Waals surface area contributed by atoms with Crippen molar-refractivity contribution < 1.29 is 4.74 Å². The molecule has 0 aliphatic rings. The molecule has 2 aromatic carbocycles. The Morgan fingerprint density at radius 3 is 2.71 bits per heavy atom. The number of rotatable bonds is 7. The van der Waals surface area contributed by atoms with Gasteiger partial charge in [-0.05, 0) is 43.9 Å². The normalized spacial score (nSPS) is 13.0. The van der Waals surface area contributed by atoms with E-state index in [0.717, 1.165) is 23.3 Å². The van der Waals surface area contributed by atoms with Gasteiger partial charge in [0, 0.05) is 29.1 Å². The molecule has 0 spiro atoms. The van der Waals surface area contributed by atoms with Gasteiger partial charge in [-0.25, -0.2) is 0 Å². The first-order chi connectivity index (χ1) is 13.3. The maximum absolute atomic E-state index is 9.50. The molecule has 2 aromatic rings. The van der Waals surface area contributed by atoms with E-state index in [4.69, 9.17) is 15.5 Å². The number of anilines is 1. The Balaban J connectivity index is 2.47. The summed E-state index contributed by atoms with van der Waals surface area (Å²) in [7, 11) is 0. The maximum Gasteiger partial charge on any atom is 0.132 e. The van der Waals surface area contributed by atoms with Crippen LogP contribution >= 0.6 is 0 Å². The third kappa shape index (κ3) is 5.34. The van der Waals surface area contributed by atoms with Crippen LogP contribution in [0.25, 0.3) is 5.70 Å². The van der Waals surface area contributed by atoms with Crippen LogP contribution in [0.4, 0.5) is 5.69 Å². The largest absolute Gasteiger partial charge is 0.458 e. The minimum Gasteiger partial charge on any atom is -0.458 e. The molecule has 0 heterocycles. The molecule has 0 radical (unpaired) electrons. The number of nitriles is 1. The number of aryl methyl sites for hydroxylation is 1. The Labute approximate surface area is 167 Å². The summed E-state index contributed by atoms with van der Waals surface area (Å²) in [6, 6.07) is 15.1. The van der Waals surface area contributed by atoms with Gasteiger partial charge in [-0.1, -0.05) is 44.7 Å². The lowest BCUT2D eigenvalue weighted by atomic mass is 10.0. The number of nitrogen functional groups attached to an aromatic ring is 1. The fourth-order valence-corrected chi connectivity index (χ4v) is 2.62. The van der Waals surface area contributed by atoms with E-state index in [1.165, 1.54) is 0 Å². The van der Waals surface area contributed by atoms with Crippen LogP contribution in [0.3, 0.4) is 0 Å². The number of hydrogen-bond donors (Lipinski definition) is 1. The van der Waals surface area contributed by atoms with Crippen LogP contribution in [0.1, 0.15) is 43.9 Å². The first kappa shape index (κ1) is 21.0. The van der Waals surface area contributed by atoms with E-state index in [0.29, 0.717) is 34.4 Å². The Bertz CT molecular complexity index is 964. The van der Waals surface area contributed by atoms with Crippen molar-refractivity contribution in [1.29, 1.82) is 5.26 Å². The van der Waals surface area contributed by atoms with Crippen molar-refractivity contribution in [3.63, 3.8) is 0 Å². The summed E-state index contributed by atoms with van der Waals surface area (Å²) in [6.45, 7) is 12.2. The van der Waals surface area contributed by atoms with Gasteiger partial charge >= 0.3 is 0 Å². The van der Waals surface area contributed by atoms with E-state index in [9.17, 15) is 5.26 Å². The summed E-state index contributed by atoms with van der Waals surface area (Å²) in [5.74, 6) is 1.41. The molecule has 144 valence electrons. The van der Waals surface area contributed by atoms with Gasteiger partial charge < -0.3 is 10.5 Å². The fraction of sp³-hybridized carbons (Fsp3) is 0.250. The molecule has 2 rings (SSSR count). The van der Waals surface area contributed by atoms with Crippen LogP contribution in [0.15, 0.2) is 65.9 Å². The highest BCUT2D eigenvalue weighted by Gasteiger charge is 2.11. The van der Waals surface area contributed by atoms with Crippen molar-refractivity contribution >= 4 is 17.1 Å². The second kappa shape index (κ2) is 9.57. The highest BCUT2D eigenvalue weighted by molar-refractivity contribution is 5.90. The molecular weight excluding hydrogens is 346 g/mol. The van der Waals surface area contributed by atoms with Crippen LogP contribution in [0.5, 0.6) is 5.75 Å². The van der Waals surface area contributed by atoms with Gasteiger partial charge in [-0.15, -0.1) is 0 Å². The maximum atomic E-state index is 9.50. The predicted molar refractivity (Wildman–Crippen MR) is 117 cm³/mol. The number of hydrogen-bond acceptors (Lipinski definition) is 4. The minimum absolute atomic E-state index is 0.336. The second-order valence-corrected chi connectivity index (χ2v) is 6.84. The number of aliphatic imine (C=N–C) groups is 1. The predicted octanol–water partition coefficient (Wildman–Crippen LogP) is 5.89. The summed E-state index contributed by atoms with van der Waals surface area (Å²) in [6.07, 6.45) is 2.76. The molecule has 0 aliphatic heterocycles. The molecule has 0 saturated heterocycles. The quantitative estimate of drug-likeness (QED) is 0.285. The average Bonchev–Trinajstić information content (AvgIpc) is 2.69. The monoisotopic (exact) mass is 373 g/mol. The van der Waals surface area contributed by atoms with Crippen molar-refractivity contribution in [3.8, 4) is 11.8 Å². The van der Waals surface area contributed by atoms with Crippen LogP contribution in [0.2, 0.25) is 0 Å². The summed E-state index contributed by atoms with van der Waals surface area (Å²) < 4.78 is 5.92. The molecule has 0 aromatic heterocycles. The Kier molecular flexibility index (Phi) is 7.17. The molecule has 0 saturated carbocycles. The zero-order valence-electron chi connectivity index (χ0n) is 17.0. The SMILES string of the molecule is C=C(/C=C(\N=C(C)C(C)CC)c1ccccc1C#N)Oc1cc(N)ccc1C. The van der Waals surface area contributed by atoms with Crippen molar-refractivity contribution in [2.24, 2.45) is 10.9 Å². The van der Waals surface area contributed by atoms with Gasteiger partial charge in [-0.2, -0.15) is 5.26 Å². The summed E-state index contributed by atoms with van der Waals surface area (Å²) in [5, 5.41) is 9.50. The number of allylic oxidation sites excluding steroid dienone is 1.